The third-order valence-corrected chi connectivity index (χ3v) is 3.90. The van der Waals surface area contributed by atoms with Crippen LogP contribution in [0.5, 0.6) is 0 Å². The number of rotatable bonds is 2. The molecule has 86 valence electrons. The Kier molecular flexibility index (Phi) is 1.77. The van der Waals surface area contributed by atoms with Crippen LogP contribution in [0.1, 0.15) is 12.8 Å². The van der Waals surface area contributed by atoms with E-state index in [9.17, 15) is 4.79 Å². The Hall–Kier alpha value is -1.61. The first-order valence-electron chi connectivity index (χ1n) is 6.25. The number of carbonyl (C=O) groups is 1. The number of hydrazine groups is 1. The molecule has 1 unspecified atom stereocenters. The molecular formula is C14H14N2O. The van der Waals surface area contributed by atoms with Crippen molar-refractivity contribution in [3.63, 3.8) is 0 Å². The van der Waals surface area contributed by atoms with Gasteiger partial charge in [0, 0.05) is 24.6 Å². The molecule has 1 fully saturated rings. The average Bonchev–Trinajstić information content (AvgIpc) is 2.75. The van der Waals surface area contributed by atoms with Gasteiger partial charge in [0.1, 0.15) is 0 Å². The Labute approximate surface area is 100 Å². The lowest BCUT2D eigenvalue weighted by Crippen LogP contribution is -2.40. The minimum absolute atomic E-state index is 0.0475. The van der Waals surface area contributed by atoms with Crippen LogP contribution in [0.15, 0.2) is 46.6 Å². The van der Waals surface area contributed by atoms with Crippen molar-refractivity contribution in [2.75, 3.05) is 13.1 Å². The summed E-state index contributed by atoms with van der Waals surface area (Å²) >= 11 is 0. The molecule has 1 atom stereocenters. The highest BCUT2D eigenvalue weighted by Gasteiger charge is 2.39. The Bertz CT molecular complexity index is 530. The molecule has 1 heterocycles. The first-order valence-corrected chi connectivity index (χ1v) is 6.25. The van der Waals surface area contributed by atoms with Gasteiger partial charge < -0.3 is 0 Å². The van der Waals surface area contributed by atoms with Crippen molar-refractivity contribution in [2.45, 2.75) is 12.8 Å². The van der Waals surface area contributed by atoms with Gasteiger partial charge >= 0.3 is 0 Å². The number of amides is 1. The van der Waals surface area contributed by atoms with E-state index >= 15 is 0 Å². The summed E-state index contributed by atoms with van der Waals surface area (Å²) in [5.74, 6) is 0.574. The van der Waals surface area contributed by atoms with Crippen molar-refractivity contribution in [1.82, 2.24) is 10.4 Å². The SMILES string of the molecule is O=C(NN1CCCC1)C1=CC=C2C1=CC1=CC12. The highest BCUT2D eigenvalue weighted by molar-refractivity contribution is 6.02. The third-order valence-electron chi connectivity index (χ3n) is 3.90. The van der Waals surface area contributed by atoms with Crippen molar-refractivity contribution in [2.24, 2.45) is 5.92 Å². The van der Waals surface area contributed by atoms with E-state index in [4.69, 9.17) is 0 Å². The molecule has 1 N–H and O–H groups in total. The van der Waals surface area contributed by atoms with Crippen molar-refractivity contribution >= 4 is 5.91 Å². The zero-order valence-electron chi connectivity index (χ0n) is 9.57. The summed E-state index contributed by atoms with van der Waals surface area (Å²) in [5.41, 5.74) is 7.66. The molecule has 0 saturated carbocycles. The Morgan fingerprint density at radius 1 is 1.29 bits per heavy atom. The monoisotopic (exact) mass is 226 g/mol. The second-order valence-corrected chi connectivity index (χ2v) is 5.04. The van der Waals surface area contributed by atoms with E-state index in [0.29, 0.717) is 5.92 Å². The van der Waals surface area contributed by atoms with E-state index in [-0.39, 0.29) is 5.91 Å². The third kappa shape index (κ3) is 1.35. The van der Waals surface area contributed by atoms with Crippen molar-refractivity contribution < 1.29 is 4.79 Å². The molecule has 3 nitrogen and oxygen atoms in total. The first-order chi connectivity index (χ1) is 8.33. The number of fused-ring (bicyclic) bond motifs is 3. The lowest BCUT2D eigenvalue weighted by Gasteiger charge is -2.17. The fourth-order valence-corrected chi connectivity index (χ4v) is 2.89. The summed E-state index contributed by atoms with van der Waals surface area (Å²) in [4.78, 5) is 12.2. The van der Waals surface area contributed by atoms with E-state index in [2.05, 4.69) is 23.7 Å². The largest absolute Gasteiger partial charge is 0.285 e. The molecule has 0 radical (unpaired) electrons. The lowest BCUT2D eigenvalue weighted by atomic mass is 10.0. The molecule has 0 aromatic rings. The van der Waals surface area contributed by atoms with E-state index in [1.54, 1.807) is 0 Å². The van der Waals surface area contributed by atoms with Crippen LogP contribution < -0.4 is 5.43 Å². The minimum atomic E-state index is 0.0475. The number of hydrogen-bond donors (Lipinski definition) is 1. The zero-order valence-corrected chi connectivity index (χ0v) is 9.57. The van der Waals surface area contributed by atoms with Gasteiger partial charge in [-0.15, -0.1) is 0 Å². The molecule has 0 spiro atoms. The van der Waals surface area contributed by atoms with E-state index in [0.717, 1.165) is 24.2 Å². The quantitative estimate of drug-likeness (QED) is 0.773. The molecule has 0 aromatic carbocycles. The topological polar surface area (TPSA) is 32.3 Å². The van der Waals surface area contributed by atoms with Crippen LogP contribution in [0.25, 0.3) is 0 Å². The lowest BCUT2D eigenvalue weighted by molar-refractivity contribution is -0.121. The van der Waals surface area contributed by atoms with Crippen LogP contribution in [0.4, 0.5) is 0 Å². The van der Waals surface area contributed by atoms with E-state index in [1.165, 1.54) is 24.0 Å². The summed E-state index contributed by atoms with van der Waals surface area (Å²) < 4.78 is 0. The maximum atomic E-state index is 12.2. The molecule has 1 aliphatic heterocycles. The molecule has 4 rings (SSSR count). The van der Waals surface area contributed by atoms with Gasteiger partial charge in [-0.2, -0.15) is 0 Å². The van der Waals surface area contributed by atoms with Crippen LogP contribution >= 0.6 is 0 Å². The Balaban J connectivity index is 1.51. The summed E-state index contributed by atoms with van der Waals surface area (Å²) in [6.07, 6.45) is 10.8. The second kappa shape index (κ2) is 3.20. The normalized spacial score (nSPS) is 29.1. The fraction of sp³-hybridized carbons (Fsp3) is 0.357. The first kappa shape index (κ1) is 9.42. The van der Waals surface area contributed by atoms with E-state index in [1.807, 2.05) is 11.1 Å². The number of allylic oxidation sites excluding steroid dienone is 6. The smallest absolute Gasteiger partial charge is 0.266 e. The number of carbonyl (C=O) groups excluding carboxylic acids is 1. The molecule has 1 amide bonds. The fourth-order valence-electron chi connectivity index (χ4n) is 2.89. The zero-order chi connectivity index (χ0) is 11.4. The average molecular weight is 226 g/mol. The number of nitrogens with zero attached hydrogens (tertiary/aromatic N) is 1. The van der Waals surface area contributed by atoms with Crippen LogP contribution in [-0.4, -0.2) is 24.0 Å². The Morgan fingerprint density at radius 2 is 2.12 bits per heavy atom. The molecular weight excluding hydrogens is 212 g/mol. The highest BCUT2D eigenvalue weighted by Crippen LogP contribution is 2.51. The van der Waals surface area contributed by atoms with Gasteiger partial charge in [-0.25, -0.2) is 5.01 Å². The maximum Gasteiger partial charge on any atom is 0.266 e. The van der Waals surface area contributed by atoms with Crippen molar-refractivity contribution in [3.8, 4) is 0 Å². The highest BCUT2D eigenvalue weighted by atomic mass is 16.2. The molecule has 0 bridgehead atoms. The second-order valence-electron chi connectivity index (χ2n) is 5.04. The molecule has 3 heteroatoms. The van der Waals surface area contributed by atoms with Crippen LogP contribution in [0.2, 0.25) is 0 Å². The summed E-state index contributed by atoms with van der Waals surface area (Å²) in [7, 11) is 0. The minimum Gasteiger partial charge on any atom is -0.285 e. The van der Waals surface area contributed by atoms with Crippen LogP contribution in [0.3, 0.4) is 0 Å². The molecule has 4 aliphatic rings. The predicted octanol–water partition coefficient (Wildman–Crippen LogP) is 1.48. The van der Waals surface area contributed by atoms with Gasteiger partial charge in [-0.1, -0.05) is 12.2 Å². The van der Waals surface area contributed by atoms with Crippen LogP contribution in [0, 0.1) is 5.92 Å². The summed E-state index contributed by atoms with van der Waals surface area (Å²) in [6, 6.07) is 0. The standard InChI is InChI=1S/C14H14N2O/c17-14(15-16-5-1-2-6-16)11-4-3-10-12-7-9(12)8-13(10)11/h3-4,7-8,12H,1-2,5-6H2,(H,15,17). The predicted molar refractivity (Wildman–Crippen MR) is 64.8 cm³/mol. The van der Waals surface area contributed by atoms with Gasteiger partial charge in [-0.3, -0.25) is 10.2 Å². The van der Waals surface area contributed by atoms with Crippen LogP contribution in [-0.2, 0) is 4.79 Å². The van der Waals surface area contributed by atoms with Gasteiger partial charge in [0.05, 0.1) is 0 Å². The summed E-state index contributed by atoms with van der Waals surface area (Å²) in [6.45, 7) is 1.96. The van der Waals surface area contributed by atoms with E-state index < -0.39 is 0 Å². The summed E-state index contributed by atoms with van der Waals surface area (Å²) in [5, 5.41) is 2.02. The molecule has 17 heavy (non-hydrogen) atoms. The molecule has 3 aliphatic carbocycles. The molecule has 0 aromatic heterocycles. The van der Waals surface area contributed by atoms with Gasteiger partial charge in [0.15, 0.2) is 0 Å². The van der Waals surface area contributed by atoms with Crippen molar-refractivity contribution in [3.05, 3.63) is 46.6 Å². The maximum absolute atomic E-state index is 12.2. The molecule has 1 saturated heterocycles. The van der Waals surface area contributed by atoms with Crippen molar-refractivity contribution in [1.29, 1.82) is 0 Å². The van der Waals surface area contributed by atoms with Gasteiger partial charge in [-0.05, 0) is 41.7 Å². The number of nitrogens with one attached hydrogen (secondary N) is 1. The van der Waals surface area contributed by atoms with Gasteiger partial charge in [0.25, 0.3) is 5.91 Å². The number of hydrogen-bond acceptors (Lipinski definition) is 2. The Morgan fingerprint density at radius 3 is 2.94 bits per heavy atom. The van der Waals surface area contributed by atoms with Gasteiger partial charge in [0.2, 0.25) is 0 Å².